The fraction of sp³-hybridized carbons (Fsp3) is 0.0714. The standard InChI is InChI=1S/C14H14N2O3S/c1-20(18,19)16-13-10-6-5-9-12(13)14(15-17)11-7-3-2-4-8-11/h2-10,16-17H,1H3. The van der Waals surface area contributed by atoms with Crippen LogP contribution in [0.1, 0.15) is 11.1 Å². The van der Waals surface area contributed by atoms with Crippen molar-refractivity contribution in [2.45, 2.75) is 0 Å². The first-order valence-electron chi connectivity index (χ1n) is 5.86. The SMILES string of the molecule is CS(=O)(=O)Nc1ccccc1C(=NO)c1ccccc1. The van der Waals surface area contributed by atoms with Crippen LogP contribution >= 0.6 is 0 Å². The van der Waals surface area contributed by atoms with Crippen LogP contribution in [-0.2, 0) is 10.0 Å². The van der Waals surface area contributed by atoms with Crippen LogP contribution in [0.15, 0.2) is 59.8 Å². The van der Waals surface area contributed by atoms with Gasteiger partial charge in [0.1, 0.15) is 5.71 Å². The van der Waals surface area contributed by atoms with Gasteiger partial charge in [0.05, 0.1) is 11.9 Å². The number of benzene rings is 2. The molecule has 0 aromatic heterocycles. The van der Waals surface area contributed by atoms with E-state index in [0.717, 1.165) is 6.26 Å². The molecule has 0 radical (unpaired) electrons. The third-order valence-electron chi connectivity index (χ3n) is 2.62. The molecule has 0 saturated carbocycles. The molecule has 0 spiro atoms. The van der Waals surface area contributed by atoms with Crippen LogP contribution in [0, 0.1) is 0 Å². The van der Waals surface area contributed by atoms with Gasteiger partial charge in [-0.1, -0.05) is 53.7 Å². The lowest BCUT2D eigenvalue weighted by atomic mass is 10.0. The Labute approximate surface area is 117 Å². The molecule has 0 saturated heterocycles. The number of sulfonamides is 1. The fourth-order valence-electron chi connectivity index (χ4n) is 1.84. The molecular formula is C14H14N2O3S. The molecule has 0 aliphatic rings. The molecule has 0 aliphatic carbocycles. The number of para-hydroxylation sites is 1. The van der Waals surface area contributed by atoms with Gasteiger partial charge in [-0.2, -0.15) is 0 Å². The van der Waals surface area contributed by atoms with Gasteiger partial charge in [-0.25, -0.2) is 8.42 Å². The Morgan fingerprint density at radius 3 is 2.25 bits per heavy atom. The summed E-state index contributed by atoms with van der Waals surface area (Å²) in [6.07, 6.45) is 1.07. The lowest BCUT2D eigenvalue weighted by Gasteiger charge is -2.11. The molecule has 0 fully saturated rings. The molecule has 2 rings (SSSR count). The number of oxime groups is 1. The predicted octanol–water partition coefficient (Wildman–Crippen LogP) is 2.28. The molecule has 0 atom stereocenters. The average molecular weight is 290 g/mol. The number of hydrogen-bond acceptors (Lipinski definition) is 4. The van der Waals surface area contributed by atoms with Gasteiger partial charge in [0, 0.05) is 11.1 Å². The van der Waals surface area contributed by atoms with Crippen LogP contribution < -0.4 is 4.72 Å². The zero-order valence-corrected chi connectivity index (χ0v) is 11.6. The maximum Gasteiger partial charge on any atom is 0.229 e. The molecule has 20 heavy (non-hydrogen) atoms. The molecule has 5 nitrogen and oxygen atoms in total. The summed E-state index contributed by atoms with van der Waals surface area (Å²) < 4.78 is 25.2. The zero-order chi connectivity index (χ0) is 14.6. The van der Waals surface area contributed by atoms with E-state index in [1.165, 1.54) is 0 Å². The second-order valence-electron chi connectivity index (χ2n) is 4.23. The smallest absolute Gasteiger partial charge is 0.229 e. The van der Waals surface area contributed by atoms with Crippen molar-refractivity contribution >= 4 is 21.4 Å². The van der Waals surface area contributed by atoms with Crippen molar-refractivity contribution in [1.82, 2.24) is 0 Å². The summed E-state index contributed by atoms with van der Waals surface area (Å²) >= 11 is 0. The van der Waals surface area contributed by atoms with Crippen LogP contribution in [0.3, 0.4) is 0 Å². The highest BCUT2D eigenvalue weighted by Gasteiger charge is 2.14. The summed E-state index contributed by atoms with van der Waals surface area (Å²) in [4.78, 5) is 0. The highest BCUT2D eigenvalue weighted by Crippen LogP contribution is 2.20. The van der Waals surface area contributed by atoms with E-state index in [1.54, 1.807) is 36.4 Å². The molecular weight excluding hydrogens is 276 g/mol. The van der Waals surface area contributed by atoms with E-state index >= 15 is 0 Å². The Bertz CT molecular complexity index is 725. The Hall–Kier alpha value is -2.34. The second kappa shape index (κ2) is 5.75. The van der Waals surface area contributed by atoms with E-state index in [2.05, 4.69) is 9.88 Å². The minimum absolute atomic E-state index is 0.303. The third kappa shape index (κ3) is 3.36. The van der Waals surface area contributed by atoms with E-state index < -0.39 is 10.0 Å². The highest BCUT2D eigenvalue weighted by atomic mass is 32.2. The predicted molar refractivity (Wildman–Crippen MR) is 78.8 cm³/mol. The first-order valence-corrected chi connectivity index (χ1v) is 7.75. The molecule has 2 aromatic carbocycles. The maximum absolute atomic E-state index is 11.4. The Morgan fingerprint density at radius 1 is 1.05 bits per heavy atom. The minimum atomic E-state index is -3.41. The number of anilines is 1. The van der Waals surface area contributed by atoms with E-state index in [-0.39, 0.29) is 0 Å². The molecule has 104 valence electrons. The van der Waals surface area contributed by atoms with Gasteiger partial charge >= 0.3 is 0 Å². The van der Waals surface area contributed by atoms with Gasteiger partial charge < -0.3 is 5.21 Å². The summed E-state index contributed by atoms with van der Waals surface area (Å²) in [7, 11) is -3.41. The van der Waals surface area contributed by atoms with Crippen molar-refractivity contribution in [3.8, 4) is 0 Å². The second-order valence-corrected chi connectivity index (χ2v) is 5.98. The first-order chi connectivity index (χ1) is 9.51. The molecule has 6 heteroatoms. The van der Waals surface area contributed by atoms with E-state index in [4.69, 9.17) is 0 Å². The normalized spacial score (nSPS) is 12.2. The minimum Gasteiger partial charge on any atom is -0.410 e. The summed E-state index contributed by atoms with van der Waals surface area (Å²) in [6.45, 7) is 0. The van der Waals surface area contributed by atoms with E-state index in [9.17, 15) is 13.6 Å². The van der Waals surface area contributed by atoms with Crippen molar-refractivity contribution in [1.29, 1.82) is 0 Å². The highest BCUT2D eigenvalue weighted by molar-refractivity contribution is 7.92. The lowest BCUT2D eigenvalue weighted by Crippen LogP contribution is -2.14. The van der Waals surface area contributed by atoms with Crippen molar-refractivity contribution in [2.24, 2.45) is 5.16 Å². The van der Waals surface area contributed by atoms with Gasteiger partial charge in [-0.15, -0.1) is 0 Å². The molecule has 0 bridgehead atoms. The lowest BCUT2D eigenvalue weighted by molar-refractivity contribution is 0.319. The molecule has 0 amide bonds. The van der Waals surface area contributed by atoms with Crippen molar-refractivity contribution < 1.29 is 13.6 Å². The van der Waals surface area contributed by atoms with Gasteiger partial charge in [-0.3, -0.25) is 4.72 Å². The van der Waals surface area contributed by atoms with Crippen LogP contribution in [0.2, 0.25) is 0 Å². The van der Waals surface area contributed by atoms with Crippen molar-refractivity contribution in [3.63, 3.8) is 0 Å². The summed E-state index contributed by atoms with van der Waals surface area (Å²) in [5, 5.41) is 12.6. The van der Waals surface area contributed by atoms with Crippen LogP contribution in [0.4, 0.5) is 5.69 Å². The monoisotopic (exact) mass is 290 g/mol. The van der Waals surface area contributed by atoms with E-state index in [0.29, 0.717) is 22.5 Å². The maximum atomic E-state index is 11.4. The van der Waals surface area contributed by atoms with Crippen molar-refractivity contribution in [3.05, 3.63) is 65.7 Å². The summed E-state index contributed by atoms with van der Waals surface area (Å²) in [5.74, 6) is 0. The summed E-state index contributed by atoms with van der Waals surface area (Å²) in [6, 6.07) is 15.8. The zero-order valence-electron chi connectivity index (χ0n) is 10.8. The van der Waals surface area contributed by atoms with Crippen LogP contribution in [0.25, 0.3) is 0 Å². The van der Waals surface area contributed by atoms with Gasteiger partial charge in [0.2, 0.25) is 10.0 Å². The molecule has 0 unspecified atom stereocenters. The molecule has 0 aliphatic heterocycles. The van der Waals surface area contributed by atoms with Gasteiger partial charge in [0.25, 0.3) is 0 Å². The largest absolute Gasteiger partial charge is 0.410 e. The van der Waals surface area contributed by atoms with Crippen LogP contribution in [-0.4, -0.2) is 25.6 Å². The van der Waals surface area contributed by atoms with Crippen molar-refractivity contribution in [2.75, 3.05) is 11.0 Å². The van der Waals surface area contributed by atoms with Gasteiger partial charge in [0.15, 0.2) is 0 Å². The molecule has 0 heterocycles. The Morgan fingerprint density at radius 2 is 1.65 bits per heavy atom. The molecule has 2 N–H and O–H groups in total. The Kier molecular flexibility index (Phi) is 4.05. The number of rotatable bonds is 4. The van der Waals surface area contributed by atoms with Gasteiger partial charge in [-0.05, 0) is 6.07 Å². The molecule has 2 aromatic rings. The summed E-state index contributed by atoms with van der Waals surface area (Å²) in [5.41, 5.74) is 1.87. The third-order valence-corrected chi connectivity index (χ3v) is 3.22. The van der Waals surface area contributed by atoms with Crippen LogP contribution in [0.5, 0.6) is 0 Å². The fourth-order valence-corrected chi connectivity index (χ4v) is 2.42. The average Bonchev–Trinajstić information content (AvgIpc) is 2.41. The first kappa shape index (κ1) is 14.1. The quantitative estimate of drug-likeness (QED) is 0.515. The topological polar surface area (TPSA) is 78.8 Å². The Balaban J connectivity index is 2.52. The number of hydrogen-bond donors (Lipinski definition) is 2. The number of nitrogens with zero attached hydrogens (tertiary/aromatic N) is 1. The van der Waals surface area contributed by atoms with E-state index in [1.807, 2.05) is 18.2 Å². The number of nitrogens with one attached hydrogen (secondary N) is 1.